The molecule has 0 aliphatic rings. The molecule has 0 radical (unpaired) electrons. The fourth-order valence-corrected chi connectivity index (χ4v) is 5.77. The van der Waals surface area contributed by atoms with Gasteiger partial charge in [-0.2, -0.15) is 9.45 Å². The number of para-hydroxylation sites is 1. The van der Waals surface area contributed by atoms with E-state index in [-0.39, 0.29) is 104 Å². The van der Waals surface area contributed by atoms with Crippen LogP contribution in [0.5, 0.6) is 11.5 Å². The van der Waals surface area contributed by atoms with Crippen molar-refractivity contribution in [1.82, 2.24) is 0 Å². The molecular formula is C27H19N5Na2O10S3. The molecular weight excluding hydrogens is 697 g/mol. The molecule has 0 fully saturated rings. The first-order valence-electron chi connectivity index (χ1n) is 12.4. The van der Waals surface area contributed by atoms with E-state index < -0.39 is 30.8 Å². The summed E-state index contributed by atoms with van der Waals surface area (Å²) in [6, 6.07) is 18.5. The monoisotopic (exact) mass is 715 g/mol. The third-order valence-electron chi connectivity index (χ3n) is 6.14. The molecule has 0 amide bonds. The Labute approximate surface area is 316 Å². The second kappa shape index (κ2) is 16.1. The number of fused-ring (bicyclic) bond motifs is 2. The molecule has 0 aromatic heterocycles. The molecule has 0 unspecified atom stereocenters. The molecule has 0 aliphatic heterocycles. The fourth-order valence-electron chi connectivity index (χ4n) is 4.20. The van der Waals surface area contributed by atoms with Crippen molar-refractivity contribution in [3.63, 3.8) is 0 Å². The summed E-state index contributed by atoms with van der Waals surface area (Å²) in [6.45, 7) is 0. The van der Waals surface area contributed by atoms with Gasteiger partial charge >= 0.3 is 59.1 Å². The van der Waals surface area contributed by atoms with E-state index in [4.69, 9.17) is 0 Å². The first kappa shape index (κ1) is 38.8. The first-order chi connectivity index (χ1) is 21.3. The van der Waals surface area contributed by atoms with Crippen molar-refractivity contribution in [2.24, 2.45) is 20.5 Å². The van der Waals surface area contributed by atoms with Gasteiger partial charge in [-0.25, -0.2) is 16.8 Å². The Balaban J connectivity index is 0.00000300. The zero-order valence-electron chi connectivity index (χ0n) is 24.7. The van der Waals surface area contributed by atoms with E-state index in [9.17, 15) is 36.9 Å². The van der Waals surface area contributed by atoms with Gasteiger partial charge in [-0.15, -0.1) is 15.3 Å². The SMILES string of the molecule is CS(=O)(=O)Nc1ccccc1N=Nc1c(SOO[O-])cc2ccc(N=Nc3c(O)ccc4cc(S(=O)(=O)[O-])ccc34)cc2c1O.[Na+].[Na+]. The van der Waals surface area contributed by atoms with Gasteiger partial charge in [0.05, 0.1) is 39.5 Å². The maximum Gasteiger partial charge on any atom is 1.00 e. The number of nitrogens with zero attached hydrogens (tertiary/aromatic N) is 4. The maximum atomic E-state index is 11.8. The molecule has 232 valence electrons. The predicted octanol–water partition coefficient (Wildman–Crippen LogP) is -0.251. The standard InChI is InChI=1S/C27H21N5O10S3.2Na/c1-44(36,37)32-22-5-3-2-4-21(22)29-31-26-24(43-42-41-35)13-16-6-8-17(14-20(16)27(26)34)28-30-25-19-10-9-18(45(38,39)40)12-15(19)7-11-23(25)33;;/h2-14,32-35H,1H3,(H,38,39,40);;/q;2*+1/p-2. The van der Waals surface area contributed by atoms with Gasteiger partial charge in [0.15, 0.2) is 5.75 Å². The molecule has 5 rings (SSSR count). The van der Waals surface area contributed by atoms with Crippen molar-refractivity contribution in [2.45, 2.75) is 9.79 Å². The van der Waals surface area contributed by atoms with Crippen LogP contribution in [0.1, 0.15) is 0 Å². The topological polar surface area (TPSA) is 235 Å². The largest absolute Gasteiger partial charge is 1.00 e. The van der Waals surface area contributed by atoms with E-state index in [1.807, 2.05) is 0 Å². The molecule has 0 bridgehead atoms. The van der Waals surface area contributed by atoms with Gasteiger partial charge in [0.2, 0.25) is 10.0 Å². The zero-order chi connectivity index (χ0) is 32.4. The Morgan fingerprint density at radius 1 is 0.787 bits per heavy atom. The van der Waals surface area contributed by atoms with E-state index in [1.165, 1.54) is 42.5 Å². The summed E-state index contributed by atoms with van der Waals surface area (Å²) in [5, 5.41) is 53.4. The summed E-state index contributed by atoms with van der Waals surface area (Å²) in [6.07, 6.45) is 0.971. The summed E-state index contributed by atoms with van der Waals surface area (Å²) >= 11 is 0.455. The number of azo groups is 2. The van der Waals surface area contributed by atoms with E-state index in [0.29, 0.717) is 28.2 Å². The van der Waals surface area contributed by atoms with Crippen LogP contribution in [0.4, 0.5) is 28.4 Å². The minimum atomic E-state index is -4.70. The van der Waals surface area contributed by atoms with Crippen LogP contribution >= 0.6 is 12.0 Å². The van der Waals surface area contributed by atoms with E-state index in [0.717, 1.165) is 18.4 Å². The molecule has 0 saturated carbocycles. The summed E-state index contributed by atoms with van der Waals surface area (Å²) in [5.41, 5.74) is 0.324. The minimum absolute atomic E-state index is 0. The van der Waals surface area contributed by atoms with Gasteiger partial charge in [-0.05, 0) is 59.3 Å². The Morgan fingerprint density at radius 3 is 2.17 bits per heavy atom. The average molecular weight is 716 g/mol. The van der Waals surface area contributed by atoms with Gasteiger partial charge in [-0.1, -0.05) is 30.3 Å². The van der Waals surface area contributed by atoms with Gasteiger partial charge in [0, 0.05) is 10.8 Å². The first-order valence-corrected chi connectivity index (χ1v) is 16.4. The van der Waals surface area contributed by atoms with Crippen molar-refractivity contribution in [1.29, 1.82) is 0 Å². The average Bonchev–Trinajstić information content (AvgIpc) is 2.98. The summed E-state index contributed by atoms with van der Waals surface area (Å²) in [4.78, 5) is -0.316. The van der Waals surface area contributed by atoms with E-state index in [2.05, 4.69) is 34.6 Å². The Kier molecular flexibility index (Phi) is 13.3. The van der Waals surface area contributed by atoms with Crippen molar-refractivity contribution < 1.29 is 105 Å². The van der Waals surface area contributed by atoms with Crippen molar-refractivity contribution in [3.8, 4) is 11.5 Å². The van der Waals surface area contributed by atoms with Crippen LogP contribution in [0.25, 0.3) is 21.5 Å². The van der Waals surface area contributed by atoms with E-state index in [1.54, 1.807) is 24.3 Å². The number of hydrogen-bond acceptors (Lipinski definition) is 15. The number of rotatable bonds is 10. The van der Waals surface area contributed by atoms with Crippen LogP contribution in [0.15, 0.2) is 109 Å². The molecule has 3 N–H and O–H groups in total. The second-order valence-corrected chi connectivity index (χ2v) is 13.1. The smallest absolute Gasteiger partial charge is 0.744 e. The quantitative estimate of drug-likeness (QED) is 0.0426. The molecule has 5 aromatic carbocycles. The molecule has 0 saturated heterocycles. The number of aromatic hydroxyl groups is 2. The summed E-state index contributed by atoms with van der Waals surface area (Å²) in [5.74, 6) is -0.665. The van der Waals surface area contributed by atoms with Crippen LogP contribution in [0.3, 0.4) is 0 Å². The number of benzene rings is 5. The third kappa shape index (κ3) is 9.48. The number of phenols is 2. The van der Waals surface area contributed by atoms with Crippen LogP contribution in [0, 0.1) is 0 Å². The second-order valence-electron chi connectivity index (χ2n) is 9.26. The van der Waals surface area contributed by atoms with Crippen LogP contribution < -0.4 is 69.1 Å². The fraction of sp³-hybridized carbons (Fsp3) is 0.0370. The molecule has 0 atom stereocenters. The predicted molar refractivity (Wildman–Crippen MR) is 160 cm³/mol. The molecule has 0 aliphatic carbocycles. The number of hydrogen-bond donors (Lipinski definition) is 3. The van der Waals surface area contributed by atoms with Crippen LogP contribution in [-0.2, 0) is 29.5 Å². The maximum absolute atomic E-state index is 11.8. The van der Waals surface area contributed by atoms with Crippen LogP contribution in [-0.4, -0.2) is 37.9 Å². The number of nitrogens with one attached hydrogen (secondary N) is 1. The Morgan fingerprint density at radius 2 is 1.47 bits per heavy atom. The Bertz CT molecular complexity index is 2240. The molecule has 20 heteroatoms. The molecule has 47 heavy (non-hydrogen) atoms. The number of sulfonamides is 1. The molecule has 5 aromatic rings. The van der Waals surface area contributed by atoms with Gasteiger partial charge < -0.3 is 20.0 Å². The Hall–Kier alpha value is -2.69. The molecule has 0 spiro atoms. The van der Waals surface area contributed by atoms with E-state index >= 15 is 0 Å². The van der Waals surface area contributed by atoms with Gasteiger partial charge in [0.1, 0.15) is 32.9 Å². The molecule has 0 heterocycles. The normalized spacial score (nSPS) is 12.0. The van der Waals surface area contributed by atoms with Gasteiger partial charge in [0.25, 0.3) is 0 Å². The van der Waals surface area contributed by atoms with Crippen molar-refractivity contribution >= 4 is 82.2 Å². The molecule has 15 nitrogen and oxygen atoms in total. The van der Waals surface area contributed by atoms with Crippen LogP contribution in [0.2, 0.25) is 0 Å². The minimum Gasteiger partial charge on any atom is -0.744 e. The number of anilines is 1. The third-order valence-corrected chi connectivity index (χ3v) is 8.18. The summed E-state index contributed by atoms with van der Waals surface area (Å²) in [7, 11) is -8.34. The zero-order valence-corrected chi connectivity index (χ0v) is 31.1. The number of phenolic OH excluding ortho intramolecular Hbond substituents is 2. The van der Waals surface area contributed by atoms with Gasteiger partial charge in [-0.3, -0.25) is 9.76 Å². The van der Waals surface area contributed by atoms with Crippen molar-refractivity contribution in [3.05, 3.63) is 78.9 Å². The van der Waals surface area contributed by atoms with Crippen molar-refractivity contribution in [2.75, 3.05) is 11.0 Å². The summed E-state index contributed by atoms with van der Waals surface area (Å²) < 4.78 is 64.5.